The van der Waals surface area contributed by atoms with E-state index in [1.807, 2.05) is 0 Å². The Balaban J connectivity index is 3.24. The lowest BCUT2D eigenvalue weighted by Crippen LogP contribution is -2.23. The zero-order chi connectivity index (χ0) is 29.9. The van der Waals surface area contributed by atoms with Crippen molar-refractivity contribution in [1.29, 1.82) is 0 Å². The highest BCUT2D eigenvalue weighted by Gasteiger charge is 2.01. The fourth-order valence-electron chi connectivity index (χ4n) is 5.17. The maximum atomic E-state index is 12.0. The summed E-state index contributed by atoms with van der Waals surface area (Å²) in [7, 11) is 0. The average molecular weight is 581 g/mol. The van der Waals surface area contributed by atoms with E-state index in [9.17, 15) is 4.79 Å². The Morgan fingerprint density at radius 1 is 0.463 bits per heavy atom. The smallest absolute Gasteiger partial charge is 0.219 e. The molecule has 0 fully saturated rings. The van der Waals surface area contributed by atoms with Crippen molar-refractivity contribution in [3.05, 3.63) is 12.3 Å². The van der Waals surface area contributed by atoms with E-state index >= 15 is 0 Å². The summed E-state index contributed by atoms with van der Waals surface area (Å²) in [4.78, 5) is 12.0. The molecule has 0 aromatic carbocycles. The fraction of sp³-hybridized carbons (Fsp3) is 0.914. The van der Waals surface area contributed by atoms with Crippen LogP contribution >= 0.6 is 0 Å². The summed E-state index contributed by atoms with van der Waals surface area (Å²) >= 11 is 0. The van der Waals surface area contributed by atoms with Crippen molar-refractivity contribution in [2.75, 3.05) is 39.4 Å². The zero-order valence-electron chi connectivity index (χ0n) is 27.3. The van der Waals surface area contributed by atoms with Gasteiger partial charge in [0.15, 0.2) is 0 Å². The van der Waals surface area contributed by atoms with Gasteiger partial charge in [0.05, 0.1) is 0 Å². The molecule has 6 heteroatoms. The van der Waals surface area contributed by atoms with Gasteiger partial charge in [-0.05, 0) is 77.3 Å². The van der Waals surface area contributed by atoms with Crippen molar-refractivity contribution in [2.45, 2.75) is 167 Å². The quantitative estimate of drug-likeness (QED) is 0.0565. The zero-order valence-corrected chi connectivity index (χ0v) is 27.3. The molecule has 0 spiro atoms. The Hall–Kier alpha value is -1.11. The summed E-state index contributed by atoms with van der Waals surface area (Å²) in [6.45, 7) is 9.51. The lowest BCUT2D eigenvalue weighted by Gasteiger charge is -2.10. The summed E-state index contributed by atoms with van der Waals surface area (Å²) in [5, 5.41) is 6.61. The van der Waals surface area contributed by atoms with Crippen LogP contribution in [0.4, 0.5) is 0 Å². The van der Waals surface area contributed by atoms with E-state index in [0.29, 0.717) is 6.42 Å². The molecule has 0 saturated carbocycles. The molecule has 0 heterocycles. The molecule has 6 N–H and O–H groups in total. The van der Waals surface area contributed by atoms with Gasteiger partial charge in [-0.15, -0.1) is 0 Å². The maximum Gasteiger partial charge on any atom is 0.219 e. The molecule has 6 nitrogen and oxygen atoms in total. The fourth-order valence-corrected chi connectivity index (χ4v) is 5.17. The first-order chi connectivity index (χ1) is 20.2. The van der Waals surface area contributed by atoms with E-state index in [0.717, 1.165) is 71.5 Å². The van der Waals surface area contributed by atoms with Crippen molar-refractivity contribution >= 4 is 5.91 Å². The van der Waals surface area contributed by atoms with Crippen LogP contribution in [0.25, 0.3) is 0 Å². The molecule has 1 amide bonds. The predicted octanol–water partition coefficient (Wildman–Crippen LogP) is 8.28. The molecule has 0 aliphatic carbocycles. The molecule has 0 aliphatic rings. The third-order valence-corrected chi connectivity index (χ3v) is 7.92. The van der Waals surface area contributed by atoms with E-state index < -0.39 is 0 Å². The predicted molar refractivity (Wildman–Crippen MR) is 179 cm³/mol. The Bertz CT molecular complexity index is 498. The number of carbonyl (C=O) groups is 1. The minimum absolute atomic E-state index is 0.243. The second kappa shape index (κ2) is 35.1. The van der Waals surface area contributed by atoms with E-state index in [1.54, 1.807) is 0 Å². The monoisotopic (exact) mass is 581 g/mol. The van der Waals surface area contributed by atoms with Gasteiger partial charge < -0.3 is 26.8 Å². The molecular weight excluding hydrogens is 508 g/mol. The lowest BCUT2D eigenvalue weighted by molar-refractivity contribution is -0.121. The third kappa shape index (κ3) is 35.0. The molecule has 0 radical (unpaired) electrons. The van der Waals surface area contributed by atoms with E-state index in [1.165, 1.54) is 134 Å². The molecule has 0 bridgehead atoms. The number of ether oxygens (including phenoxy) is 1. The van der Waals surface area contributed by atoms with Crippen molar-refractivity contribution in [3.63, 3.8) is 0 Å². The summed E-state index contributed by atoms with van der Waals surface area (Å²) in [5.74, 6) is 0.243. The number of nitrogens with one attached hydrogen (secondary N) is 2. The highest BCUT2D eigenvalue weighted by Crippen LogP contribution is 2.12. The topological polar surface area (TPSA) is 102 Å². The molecule has 0 unspecified atom stereocenters. The number of carbonyl (C=O) groups excluding carboxylic acids is 1. The molecule has 0 aliphatic heterocycles. The molecule has 41 heavy (non-hydrogen) atoms. The van der Waals surface area contributed by atoms with E-state index in [2.05, 4.69) is 17.2 Å². The largest absolute Gasteiger partial charge is 0.389 e. The first kappa shape index (κ1) is 39.9. The molecule has 0 aromatic rings. The van der Waals surface area contributed by atoms with Gasteiger partial charge in [0.2, 0.25) is 5.91 Å². The highest BCUT2D eigenvalue weighted by molar-refractivity contribution is 5.75. The molecule has 0 atom stereocenters. The first-order valence-electron chi connectivity index (χ1n) is 17.9. The van der Waals surface area contributed by atoms with Crippen molar-refractivity contribution < 1.29 is 9.53 Å². The maximum absolute atomic E-state index is 12.0. The molecular formula is C35H72N4O2. The SMILES string of the molecule is C=C(CCCCCCCCCC(=O)NCCCCCCCCCCCCN)NCCCCCCOCCCCCN. The average Bonchev–Trinajstić information content (AvgIpc) is 2.97. The molecule has 0 aromatic heterocycles. The van der Waals surface area contributed by atoms with Crippen LogP contribution in [-0.4, -0.2) is 45.3 Å². The number of hydrogen-bond acceptors (Lipinski definition) is 5. The van der Waals surface area contributed by atoms with Crippen LogP contribution < -0.4 is 22.1 Å². The van der Waals surface area contributed by atoms with Gasteiger partial charge in [-0.3, -0.25) is 4.79 Å². The highest BCUT2D eigenvalue weighted by atomic mass is 16.5. The Labute approximate surface area is 256 Å². The van der Waals surface area contributed by atoms with Crippen LogP contribution in [0.15, 0.2) is 12.3 Å². The number of amides is 1. The van der Waals surface area contributed by atoms with Crippen molar-refractivity contribution in [1.82, 2.24) is 10.6 Å². The van der Waals surface area contributed by atoms with Gasteiger partial charge in [0.1, 0.15) is 0 Å². The van der Waals surface area contributed by atoms with Crippen molar-refractivity contribution in [3.8, 4) is 0 Å². The van der Waals surface area contributed by atoms with Gasteiger partial charge >= 0.3 is 0 Å². The third-order valence-electron chi connectivity index (χ3n) is 7.92. The summed E-state index contributed by atoms with van der Waals surface area (Å²) in [5.41, 5.74) is 12.2. The van der Waals surface area contributed by atoms with Crippen LogP contribution in [0, 0.1) is 0 Å². The van der Waals surface area contributed by atoms with Crippen LogP contribution in [0.5, 0.6) is 0 Å². The summed E-state index contributed by atoms with van der Waals surface area (Å²) in [6.07, 6.45) is 31.5. The van der Waals surface area contributed by atoms with Gasteiger partial charge in [0, 0.05) is 38.4 Å². The first-order valence-corrected chi connectivity index (χ1v) is 17.9. The second-order valence-corrected chi connectivity index (χ2v) is 12.1. The molecule has 0 rings (SSSR count). The normalized spacial score (nSPS) is 11.2. The van der Waals surface area contributed by atoms with Crippen LogP contribution in [0.3, 0.4) is 0 Å². The Morgan fingerprint density at radius 2 is 0.829 bits per heavy atom. The van der Waals surface area contributed by atoms with Gasteiger partial charge in [-0.25, -0.2) is 0 Å². The standard InChI is InChI=1S/C35H72N4O2/c1-34(38-30-22-15-16-24-32-41-33-25-17-21-29-37)26-18-11-7-6-8-12-19-27-35(40)39-31-23-14-10-5-3-2-4-9-13-20-28-36/h38H,1-33,36-37H2,(H,39,40). The van der Waals surface area contributed by atoms with E-state index in [4.69, 9.17) is 16.2 Å². The van der Waals surface area contributed by atoms with E-state index in [-0.39, 0.29) is 5.91 Å². The molecule has 0 saturated heterocycles. The lowest BCUT2D eigenvalue weighted by atomic mass is 10.1. The van der Waals surface area contributed by atoms with Gasteiger partial charge in [-0.1, -0.05) is 103 Å². The Kier molecular flexibility index (Phi) is 34.1. The number of nitrogens with two attached hydrogens (primary N) is 2. The van der Waals surface area contributed by atoms with Crippen LogP contribution in [0.2, 0.25) is 0 Å². The Morgan fingerprint density at radius 3 is 1.34 bits per heavy atom. The van der Waals surface area contributed by atoms with Crippen molar-refractivity contribution in [2.24, 2.45) is 11.5 Å². The number of allylic oxidation sites excluding steroid dienone is 1. The summed E-state index contributed by atoms with van der Waals surface area (Å²) in [6, 6.07) is 0. The van der Waals surface area contributed by atoms with Crippen LogP contribution in [-0.2, 0) is 9.53 Å². The van der Waals surface area contributed by atoms with Gasteiger partial charge in [-0.2, -0.15) is 0 Å². The van der Waals surface area contributed by atoms with Crippen LogP contribution in [0.1, 0.15) is 167 Å². The minimum Gasteiger partial charge on any atom is -0.389 e. The second-order valence-electron chi connectivity index (χ2n) is 12.1. The number of hydrogen-bond donors (Lipinski definition) is 4. The summed E-state index contributed by atoms with van der Waals surface area (Å²) < 4.78 is 5.68. The number of rotatable bonds is 35. The molecule has 244 valence electrons. The number of unbranched alkanes of at least 4 members (excludes halogenated alkanes) is 20. The minimum atomic E-state index is 0.243. The van der Waals surface area contributed by atoms with Gasteiger partial charge in [0.25, 0.3) is 0 Å².